The van der Waals surface area contributed by atoms with Crippen LogP contribution in [0.5, 0.6) is 0 Å². The number of rotatable bonds is 5. The molecule has 2 amide bonds. The summed E-state index contributed by atoms with van der Waals surface area (Å²) in [4.78, 5) is 27.4. The summed E-state index contributed by atoms with van der Waals surface area (Å²) >= 11 is 0. The normalized spacial score (nSPS) is 16.7. The molecule has 7 nitrogen and oxygen atoms in total. The van der Waals surface area contributed by atoms with Crippen LogP contribution in [0.4, 0.5) is 0 Å². The predicted octanol–water partition coefficient (Wildman–Crippen LogP) is -1.11. The number of nitrogens with zero attached hydrogens (tertiary/aromatic N) is 2. The van der Waals surface area contributed by atoms with Crippen molar-refractivity contribution in [2.45, 2.75) is 13.2 Å². The van der Waals surface area contributed by atoms with Crippen LogP contribution >= 0.6 is 0 Å². The quantitative estimate of drug-likeness (QED) is 0.508. The van der Waals surface area contributed by atoms with Gasteiger partial charge >= 0.3 is 11.8 Å². The maximum Gasteiger partial charge on any atom is 0.311 e. The summed E-state index contributed by atoms with van der Waals surface area (Å²) in [5.74, 6) is -1.09. The van der Waals surface area contributed by atoms with E-state index < -0.39 is 18.1 Å². The van der Waals surface area contributed by atoms with Crippen LogP contribution in [0.15, 0.2) is 0 Å². The minimum atomic E-state index is -0.607. The van der Waals surface area contributed by atoms with Crippen molar-refractivity contribution in [3.63, 3.8) is 0 Å². The Morgan fingerprint density at radius 2 is 1.74 bits per heavy atom. The molecule has 0 spiro atoms. The van der Waals surface area contributed by atoms with Gasteiger partial charge in [-0.05, 0) is 6.54 Å². The van der Waals surface area contributed by atoms with E-state index >= 15 is 0 Å². The summed E-state index contributed by atoms with van der Waals surface area (Å²) < 4.78 is 9.87. The van der Waals surface area contributed by atoms with Crippen molar-refractivity contribution in [3.05, 3.63) is 0 Å². The van der Waals surface area contributed by atoms with Crippen LogP contribution in [0.2, 0.25) is 0 Å². The van der Waals surface area contributed by atoms with E-state index in [1.54, 1.807) is 4.90 Å². The Kier molecular flexibility index (Phi) is 6.75. The largest absolute Gasteiger partial charge is 0.354 e. The van der Waals surface area contributed by atoms with Crippen molar-refractivity contribution in [1.29, 1.82) is 0 Å². The van der Waals surface area contributed by atoms with Crippen LogP contribution in [0, 0.1) is 0 Å². The van der Waals surface area contributed by atoms with E-state index in [2.05, 4.69) is 17.1 Å². The molecule has 0 bridgehead atoms. The fourth-order valence-corrected chi connectivity index (χ4v) is 1.93. The molecule has 7 heteroatoms. The van der Waals surface area contributed by atoms with Gasteiger partial charge in [-0.3, -0.25) is 9.59 Å². The van der Waals surface area contributed by atoms with E-state index in [1.165, 1.54) is 14.2 Å². The highest BCUT2D eigenvalue weighted by Crippen LogP contribution is 2.01. The number of hydrogen-bond acceptors (Lipinski definition) is 5. The standard InChI is InChI=1S/C12H23N3O4/c1-4-14-5-7-15(8-6-14)12(17)11(16)13-9-10(18-2)19-3/h10H,4-9H2,1-3H3,(H,13,16). The van der Waals surface area contributed by atoms with E-state index in [1.807, 2.05) is 0 Å². The topological polar surface area (TPSA) is 71.1 Å². The zero-order valence-electron chi connectivity index (χ0n) is 11.8. The molecule has 1 N–H and O–H groups in total. The van der Waals surface area contributed by atoms with E-state index in [4.69, 9.17) is 9.47 Å². The Hall–Kier alpha value is -1.18. The van der Waals surface area contributed by atoms with E-state index in [9.17, 15) is 9.59 Å². The number of methoxy groups -OCH3 is 2. The first kappa shape index (κ1) is 15.9. The minimum Gasteiger partial charge on any atom is -0.354 e. The summed E-state index contributed by atoms with van der Waals surface area (Å²) in [5.41, 5.74) is 0. The molecular weight excluding hydrogens is 250 g/mol. The maximum atomic E-state index is 11.9. The zero-order chi connectivity index (χ0) is 14.3. The number of likely N-dealkylation sites (N-methyl/N-ethyl adjacent to an activating group) is 1. The fraction of sp³-hybridized carbons (Fsp3) is 0.833. The van der Waals surface area contributed by atoms with Crippen LogP contribution in [-0.2, 0) is 19.1 Å². The molecule has 0 unspecified atom stereocenters. The molecule has 0 aromatic carbocycles. The molecule has 1 aliphatic rings. The number of carbonyl (C=O) groups is 2. The van der Waals surface area contributed by atoms with Gasteiger partial charge in [0, 0.05) is 40.4 Å². The number of piperazine rings is 1. The lowest BCUT2D eigenvalue weighted by Gasteiger charge is -2.33. The van der Waals surface area contributed by atoms with Gasteiger partial charge in [0.15, 0.2) is 6.29 Å². The average molecular weight is 273 g/mol. The Labute approximate surface area is 113 Å². The van der Waals surface area contributed by atoms with Crippen molar-refractivity contribution in [3.8, 4) is 0 Å². The second-order valence-corrected chi connectivity index (χ2v) is 4.34. The molecule has 1 aliphatic heterocycles. The van der Waals surface area contributed by atoms with Gasteiger partial charge < -0.3 is 24.6 Å². The third kappa shape index (κ3) is 4.77. The monoisotopic (exact) mass is 273 g/mol. The summed E-state index contributed by atoms with van der Waals surface area (Å²) in [6, 6.07) is 0. The van der Waals surface area contributed by atoms with Gasteiger partial charge in [0.25, 0.3) is 0 Å². The fourth-order valence-electron chi connectivity index (χ4n) is 1.93. The molecule has 0 atom stereocenters. The smallest absolute Gasteiger partial charge is 0.311 e. The van der Waals surface area contributed by atoms with E-state index in [0.717, 1.165) is 19.6 Å². The molecule has 0 aromatic heterocycles. The van der Waals surface area contributed by atoms with Crippen LogP contribution in [0.1, 0.15) is 6.92 Å². The number of hydrogen-bond donors (Lipinski definition) is 1. The van der Waals surface area contributed by atoms with Crippen LogP contribution in [-0.4, -0.2) is 81.4 Å². The Balaban J connectivity index is 2.34. The molecule has 1 heterocycles. The molecule has 0 aromatic rings. The van der Waals surface area contributed by atoms with Gasteiger partial charge in [0.1, 0.15) is 0 Å². The lowest BCUT2D eigenvalue weighted by molar-refractivity contribution is -0.148. The number of carbonyl (C=O) groups excluding carboxylic acids is 2. The Morgan fingerprint density at radius 1 is 1.16 bits per heavy atom. The molecular formula is C12H23N3O4. The predicted molar refractivity (Wildman–Crippen MR) is 69.5 cm³/mol. The highest BCUT2D eigenvalue weighted by atomic mass is 16.7. The molecule has 19 heavy (non-hydrogen) atoms. The van der Waals surface area contributed by atoms with E-state index in [0.29, 0.717) is 13.1 Å². The third-order valence-electron chi connectivity index (χ3n) is 3.26. The highest BCUT2D eigenvalue weighted by Gasteiger charge is 2.25. The Bertz CT molecular complexity index is 299. The second kappa shape index (κ2) is 8.08. The van der Waals surface area contributed by atoms with Gasteiger partial charge in [0.05, 0.1) is 6.54 Å². The molecule has 0 radical (unpaired) electrons. The van der Waals surface area contributed by atoms with Gasteiger partial charge in [0.2, 0.25) is 0 Å². The molecule has 1 fully saturated rings. The summed E-state index contributed by atoms with van der Waals surface area (Å²) in [6.07, 6.45) is -0.534. The highest BCUT2D eigenvalue weighted by molar-refractivity contribution is 6.35. The Morgan fingerprint density at radius 3 is 2.21 bits per heavy atom. The van der Waals surface area contributed by atoms with E-state index in [-0.39, 0.29) is 6.54 Å². The number of nitrogens with one attached hydrogen (secondary N) is 1. The first-order valence-corrected chi connectivity index (χ1v) is 6.47. The molecule has 0 aliphatic carbocycles. The molecule has 110 valence electrons. The lowest BCUT2D eigenvalue weighted by atomic mass is 10.3. The molecule has 1 rings (SSSR count). The van der Waals surface area contributed by atoms with Crippen molar-refractivity contribution >= 4 is 11.8 Å². The first-order chi connectivity index (χ1) is 9.12. The number of ether oxygens (including phenoxy) is 2. The third-order valence-corrected chi connectivity index (χ3v) is 3.26. The summed E-state index contributed by atoms with van der Waals surface area (Å²) in [7, 11) is 2.96. The van der Waals surface area contributed by atoms with Crippen molar-refractivity contribution < 1.29 is 19.1 Å². The molecule has 1 saturated heterocycles. The number of amides is 2. The second-order valence-electron chi connectivity index (χ2n) is 4.34. The van der Waals surface area contributed by atoms with Crippen LogP contribution in [0.25, 0.3) is 0 Å². The lowest BCUT2D eigenvalue weighted by Crippen LogP contribution is -2.53. The zero-order valence-corrected chi connectivity index (χ0v) is 11.8. The molecule has 0 saturated carbocycles. The first-order valence-electron chi connectivity index (χ1n) is 6.47. The summed E-state index contributed by atoms with van der Waals surface area (Å²) in [5, 5.41) is 2.51. The van der Waals surface area contributed by atoms with Gasteiger partial charge in [-0.1, -0.05) is 6.92 Å². The van der Waals surface area contributed by atoms with Crippen LogP contribution < -0.4 is 5.32 Å². The SMILES string of the molecule is CCN1CCN(C(=O)C(=O)NCC(OC)OC)CC1. The van der Waals surface area contributed by atoms with Gasteiger partial charge in [-0.2, -0.15) is 0 Å². The van der Waals surface area contributed by atoms with Gasteiger partial charge in [-0.25, -0.2) is 0 Å². The van der Waals surface area contributed by atoms with Gasteiger partial charge in [-0.15, -0.1) is 0 Å². The maximum absolute atomic E-state index is 11.9. The average Bonchev–Trinajstić information content (AvgIpc) is 2.47. The van der Waals surface area contributed by atoms with Crippen molar-refractivity contribution in [1.82, 2.24) is 15.1 Å². The summed E-state index contributed by atoms with van der Waals surface area (Å²) in [6.45, 7) is 6.03. The van der Waals surface area contributed by atoms with Crippen LogP contribution in [0.3, 0.4) is 0 Å². The van der Waals surface area contributed by atoms with Crippen molar-refractivity contribution in [2.24, 2.45) is 0 Å². The van der Waals surface area contributed by atoms with Crippen molar-refractivity contribution in [2.75, 3.05) is 53.5 Å². The minimum absolute atomic E-state index is 0.159.